The van der Waals surface area contributed by atoms with E-state index in [2.05, 4.69) is 68.1 Å². The lowest BCUT2D eigenvalue weighted by Gasteiger charge is -2.21. The van der Waals surface area contributed by atoms with Crippen molar-refractivity contribution >= 4 is 22.8 Å². The quantitative estimate of drug-likeness (QED) is 0.773. The van der Waals surface area contributed by atoms with Gasteiger partial charge in [0.25, 0.3) is 0 Å². The van der Waals surface area contributed by atoms with Crippen LogP contribution in [0.1, 0.15) is 5.56 Å². The van der Waals surface area contributed by atoms with E-state index in [0.717, 1.165) is 54.3 Å². The number of hydrogen-bond donors (Lipinski definition) is 1. The first-order valence-corrected chi connectivity index (χ1v) is 9.72. The van der Waals surface area contributed by atoms with Crippen LogP contribution in [0.4, 0.5) is 11.6 Å². The molecule has 2 aromatic heterocycles. The van der Waals surface area contributed by atoms with Crippen LogP contribution in [0.25, 0.3) is 11.2 Å². The second-order valence-electron chi connectivity index (χ2n) is 7.95. The molecule has 2 atom stereocenters. The average molecular weight is 362 g/mol. The molecule has 3 aromatic rings. The fraction of sp³-hybridized carbons (Fsp3) is 0.429. The summed E-state index contributed by atoms with van der Waals surface area (Å²) in [6, 6.07) is 12.8. The lowest BCUT2D eigenvalue weighted by molar-refractivity contribution is 0.386. The van der Waals surface area contributed by atoms with Crippen molar-refractivity contribution in [2.24, 2.45) is 11.8 Å². The molecule has 0 bridgehead atoms. The highest BCUT2D eigenvalue weighted by Gasteiger charge is 2.40. The zero-order chi connectivity index (χ0) is 18.4. The van der Waals surface area contributed by atoms with E-state index in [0.29, 0.717) is 0 Å². The molecule has 1 N–H and O–H groups in total. The summed E-state index contributed by atoms with van der Waals surface area (Å²) in [5.41, 5.74) is 4.22. The fourth-order valence-electron chi connectivity index (χ4n) is 4.68. The number of rotatable bonds is 4. The molecule has 0 aliphatic carbocycles. The molecule has 27 heavy (non-hydrogen) atoms. The highest BCUT2D eigenvalue weighted by atomic mass is 15.3. The maximum Gasteiger partial charge on any atom is 0.208 e. The molecule has 0 saturated carbocycles. The molecular weight excluding hydrogens is 336 g/mol. The van der Waals surface area contributed by atoms with Crippen molar-refractivity contribution in [1.82, 2.24) is 19.4 Å². The summed E-state index contributed by atoms with van der Waals surface area (Å²) in [5, 5.41) is 3.20. The van der Waals surface area contributed by atoms with Crippen LogP contribution in [0.5, 0.6) is 0 Å². The number of benzene rings is 1. The predicted octanol–water partition coefficient (Wildman–Crippen LogP) is 2.52. The topological polar surface area (TPSA) is 49.2 Å². The van der Waals surface area contributed by atoms with Crippen molar-refractivity contribution in [2.45, 2.75) is 6.54 Å². The van der Waals surface area contributed by atoms with Crippen molar-refractivity contribution in [3.8, 4) is 0 Å². The first-order chi connectivity index (χ1) is 13.2. The molecule has 6 nitrogen and oxygen atoms in total. The van der Waals surface area contributed by atoms with E-state index in [1.807, 2.05) is 13.2 Å². The number of pyridine rings is 1. The Bertz CT molecular complexity index is 936. The van der Waals surface area contributed by atoms with Gasteiger partial charge in [-0.05, 0) is 30.5 Å². The van der Waals surface area contributed by atoms with E-state index in [9.17, 15) is 0 Å². The van der Waals surface area contributed by atoms with Crippen LogP contribution >= 0.6 is 0 Å². The Morgan fingerprint density at radius 2 is 1.81 bits per heavy atom. The molecule has 0 amide bonds. The molecular formula is C21H26N6. The van der Waals surface area contributed by atoms with Gasteiger partial charge < -0.3 is 19.7 Å². The molecule has 2 unspecified atom stereocenters. The van der Waals surface area contributed by atoms with Crippen LogP contribution < -0.4 is 10.2 Å². The summed E-state index contributed by atoms with van der Waals surface area (Å²) < 4.78 is 2.34. The Morgan fingerprint density at radius 1 is 1.07 bits per heavy atom. The summed E-state index contributed by atoms with van der Waals surface area (Å²) >= 11 is 0. The van der Waals surface area contributed by atoms with Crippen LogP contribution in [0.2, 0.25) is 0 Å². The van der Waals surface area contributed by atoms with Crippen LogP contribution in [0.3, 0.4) is 0 Å². The predicted molar refractivity (Wildman–Crippen MR) is 109 cm³/mol. The molecule has 6 heteroatoms. The van der Waals surface area contributed by atoms with Crippen molar-refractivity contribution in [2.75, 3.05) is 50.5 Å². The minimum atomic E-state index is 0.751. The molecule has 140 valence electrons. The number of hydrogen-bond acceptors (Lipinski definition) is 5. The van der Waals surface area contributed by atoms with Crippen LogP contribution in [-0.2, 0) is 6.54 Å². The summed E-state index contributed by atoms with van der Waals surface area (Å²) in [4.78, 5) is 14.5. The van der Waals surface area contributed by atoms with Crippen molar-refractivity contribution < 1.29 is 0 Å². The zero-order valence-corrected chi connectivity index (χ0v) is 16.0. The molecule has 5 rings (SSSR count). The Hall–Kier alpha value is -2.60. The van der Waals surface area contributed by atoms with Gasteiger partial charge in [-0.2, -0.15) is 4.98 Å². The largest absolute Gasteiger partial charge is 0.387 e. The number of aromatic nitrogens is 3. The summed E-state index contributed by atoms with van der Waals surface area (Å²) in [6.45, 7) is 5.38. The van der Waals surface area contributed by atoms with E-state index in [1.165, 1.54) is 18.7 Å². The normalized spacial score (nSPS) is 22.5. The van der Waals surface area contributed by atoms with Crippen LogP contribution in [0, 0.1) is 11.8 Å². The van der Waals surface area contributed by atoms with E-state index in [-0.39, 0.29) is 0 Å². The molecule has 4 heterocycles. The third-order valence-electron chi connectivity index (χ3n) is 6.01. The maximum absolute atomic E-state index is 4.95. The van der Waals surface area contributed by atoms with Gasteiger partial charge in [0.1, 0.15) is 0 Å². The lowest BCUT2D eigenvalue weighted by atomic mass is 10.0. The highest BCUT2D eigenvalue weighted by Crippen LogP contribution is 2.34. The first-order valence-electron chi connectivity index (χ1n) is 9.72. The molecule has 2 aliphatic rings. The second-order valence-corrected chi connectivity index (χ2v) is 7.95. The molecule has 0 radical (unpaired) electrons. The molecule has 2 saturated heterocycles. The SMILES string of the molecule is CNc1cnc2nc(N3CC4CN(C)CC4C3)n(Cc3ccccc3)c2c1. The standard InChI is InChI=1S/C21H26N6/c1-22-18-8-19-20(23-9-18)24-21(27(19)10-15-6-4-3-5-7-15)26-13-16-11-25(2)12-17(16)14-26/h3-9,16-17,22H,10-14H2,1-2H3. The Labute approximate surface area is 159 Å². The van der Waals surface area contributed by atoms with Crippen molar-refractivity contribution in [1.29, 1.82) is 0 Å². The minimum Gasteiger partial charge on any atom is -0.387 e. The third-order valence-corrected chi connectivity index (χ3v) is 6.01. The van der Waals surface area contributed by atoms with Gasteiger partial charge >= 0.3 is 0 Å². The zero-order valence-electron chi connectivity index (χ0n) is 16.0. The second kappa shape index (κ2) is 6.53. The minimum absolute atomic E-state index is 0.751. The van der Waals surface area contributed by atoms with Crippen LogP contribution in [0.15, 0.2) is 42.6 Å². The number of likely N-dealkylation sites (tertiary alicyclic amines) is 1. The maximum atomic E-state index is 4.95. The number of imidazole rings is 1. The third kappa shape index (κ3) is 2.94. The van der Waals surface area contributed by atoms with Crippen LogP contribution in [-0.4, -0.2) is 59.7 Å². The lowest BCUT2D eigenvalue weighted by Crippen LogP contribution is -2.29. The summed E-state index contributed by atoms with van der Waals surface area (Å²) in [5.74, 6) is 2.56. The Morgan fingerprint density at radius 3 is 2.52 bits per heavy atom. The summed E-state index contributed by atoms with van der Waals surface area (Å²) in [7, 11) is 4.16. The van der Waals surface area contributed by atoms with Gasteiger partial charge in [-0.1, -0.05) is 30.3 Å². The van der Waals surface area contributed by atoms with Crippen molar-refractivity contribution in [3.05, 3.63) is 48.2 Å². The Balaban J connectivity index is 1.56. The number of nitrogens with one attached hydrogen (secondary N) is 1. The van der Waals surface area contributed by atoms with Gasteiger partial charge in [-0.3, -0.25) is 0 Å². The highest BCUT2D eigenvalue weighted by molar-refractivity contribution is 5.78. The van der Waals surface area contributed by atoms with E-state index >= 15 is 0 Å². The number of fused-ring (bicyclic) bond motifs is 2. The monoisotopic (exact) mass is 362 g/mol. The van der Waals surface area contributed by atoms with E-state index in [1.54, 1.807) is 0 Å². The number of anilines is 2. The van der Waals surface area contributed by atoms with Crippen molar-refractivity contribution in [3.63, 3.8) is 0 Å². The number of nitrogens with zero attached hydrogens (tertiary/aromatic N) is 5. The molecule has 2 aliphatic heterocycles. The first kappa shape index (κ1) is 16.6. The van der Waals surface area contributed by atoms with Gasteiger partial charge in [0.05, 0.1) is 23.9 Å². The molecule has 1 aromatic carbocycles. The average Bonchev–Trinajstić information content (AvgIpc) is 3.33. The fourth-order valence-corrected chi connectivity index (χ4v) is 4.68. The van der Waals surface area contributed by atoms with Gasteiger partial charge in [0.2, 0.25) is 5.95 Å². The van der Waals surface area contributed by atoms with E-state index in [4.69, 9.17) is 4.98 Å². The van der Waals surface area contributed by atoms with Gasteiger partial charge in [0, 0.05) is 33.2 Å². The smallest absolute Gasteiger partial charge is 0.208 e. The van der Waals surface area contributed by atoms with E-state index < -0.39 is 0 Å². The van der Waals surface area contributed by atoms with Gasteiger partial charge in [0.15, 0.2) is 5.65 Å². The Kier molecular flexibility index (Phi) is 4.01. The molecule has 2 fully saturated rings. The van der Waals surface area contributed by atoms with Gasteiger partial charge in [-0.25, -0.2) is 4.98 Å². The summed E-state index contributed by atoms with van der Waals surface area (Å²) in [6.07, 6.45) is 1.86. The molecule has 0 spiro atoms. The van der Waals surface area contributed by atoms with Gasteiger partial charge in [-0.15, -0.1) is 0 Å².